The van der Waals surface area contributed by atoms with E-state index in [4.69, 9.17) is 15.0 Å². The summed E-state index contributed by atoms with van der Waals surface area (Å²) in [6.07, 6.45) is 3.06. The molecule has 2 aromatic heterocycles. The summed E-state index contributed by atoms with van der Waals surface area (Å²) < 4.78 is 10.9. The van der Waals surface area contributed by atoms with Crippen LogP contribution in [0.25, 0.3) is 11.5 Å². The highest BCUT2D eigenvalue weighted by atomic mass is 16.5. The second-order valence-electron chi connectivity index (χ2n) is 4.59. The fourth-order valence-corrected chi connectivity index (χ4v) is 1.99. The fraction of sp³-hybridized carbons (Fsp3) is 0.417. The van der Waals surface area contributed by atoms with Crippen molar-refractivity contribution in [3.05, 3.63) is 24.3 Å². The normalized spacial score (nSPS) is 20.6. The summed E-state index contributed by atoms with van der Waals surface area (Å²) in [5, 5.41) is 3.97. The number of likely N-dealkylation sites (N-methyl/N-ethyl adjacent to an activating group) is 1. The monoisotopic (exact) mass is 261 g/mol. The summed E-state index contributed by atoms with van der Waals surface area (Å²) in [7, 11) is 2.04. The van der Waals surface area contributed by atoms with Crippen molar-refractivity contribution >= 4 is 5.69 Å². The lowest BCUT2D eigenvalue weighted by atomic mass is 10.2. The van der Waals surface area contributed by atoms with E-state index in [2.05, 4.69) is 20.0 Å². The summed E-state index contributed by atoms with van der Waals surface area (Å²) in [6, 6.07) is 1.75. The Kier molecular flexibility index (Phi) is 3.14. The number of nitrogen functional groups attached to an aromatic ring is 1. The molecule has 0 spiro atoms. The van der Waals surface area contributed by atoms with Gasteiger partial charge in [-0.1, -0.05) is 5.16 Å². The molecule has 7 heteroatoms. The van der Waals surface area contributed by atoms with Gasteiger partial charge < -0.3 is 19.9 Å². The van der Waals surface area contributed by atoms with Crippen molar-refractivity contribution in [2.45, 2.75) is 6.10 Å². The third-order valence-corrected chi connectivity index (χ3v) is 3.01. The number of hydrogen-bond acceptors (Lipinski definition) is 7. The Morgan fingerprint density at radius 2 is 2.32 bits per heavy atom. The molecule has 3 rings (SSSR count). The van der Waals surface area contributed by atoms with Gasteiger partial charge in [0.1, 0.15) is 6.10 Å². The molecule has 1 aliphatic heterocycles. The highest BCUT2D eigenvalue weighted by molar-refractivity contribution is 5.57. The van der Waals surface area contributed by atoms with E-state index in [9.17, 15) is 0 Å². The largest absolute Gasteiger partial charge is 0.397 e. The van der Waals surface area contributed by atoms with Gasteiger partial charge in [0.15, 0.2) is 0 Å². The topological polar surface area (TPSA) is 90.3 Å². The van der Waals surface area contributed by atoms with E-state index < -0.39 is 0 Å². The molecule has 7 nitrogen and oxygen atoms in total. The number of nitrogens with zero attached hydrogens (tertiary/aromatic N) is 4. The van der Waals surface area contributed by atoms with Crippen LogP contribution in [0, 0.1) is 0 Å². The average Bonchev–Trinajstić information content (AvgIpc) is 2.88. The van der Waals surface area contributed by atoms with E-state index in [0.717, 1.165) is 13.1 Å². The highest BCUT2D eigenvalue weighted by Crippen LogP contribution is 2.23. The third kappa shape index (κ3) is 2.56. The number of anilines is 1. The lowest BCUT2D eigenvalue weighted by molar-refractivity contribution is -0.0264. The van der Waals surface area contributed by atoms with Gasteiger partial charge in [0, 0.05) is 25.5 Å². The first kappa shape index (κ1) is 12.1. The van der Waals surface area contributed by atoms with Crippen LogP contribution in [0.1, 0.15) is 11.9 Å². The molecule has 2 N–H and O–H groups in total. The van der Waals surface area contributed by atoms with Crippen LogP contribution in [-0.2, 0) is 4.74 Å². The van der Waals surface area contributed by atoms with Crippen molar-refractivity contribution in [3.8, 4) is 11.5 Å². The molecule has 1 fully saturated rings. The molecule has 100 valence electrons. The molecule has 0 saturated carbocycles. The summed E-state index contributed by atoms with van der Waals surface area (Å²) in [5.74, 6) is 0.968. The van der Waals surface area contributed by atoms with Crippen molar-refractivity contribution < 1.29 is 9.26 Å². The SMILES string of the molecule is CN1CCOC(c2noc(-c3cncc(N)c3)n2)C1. The Hall–Kier alpha value is -1.99. The summed E-state index contributed by atoms with van der Waals surface area (Å²) >= 11 is 0. The number of nitrogens with two attached hydrogens (primary N) is 1. The van der Waals surface area contributed by atoms with Gasteiger partial charge in [0.25, 0.3) is 5.89 Å². The molecule has 2 aromatic rings. The van der Waals surface area contributed by atoms with Crippen LogP contribution in [0.3, 0.4) is 0 Å². The molecule has 1 unspecified atom stereocenters. The van der Waals surface area contributed by atoms with Crippen molar-refractivity contribution in [1.29, 1.82) is 0 Å². The van der Waals surface area contributed by atoms with Crippen LogP contribution >= 0.6 is 0 Å². The number of ether oxygens (including phenoxy) is 1. The lowest BCUT2D eigenvalue weighted by Crippen LogP contribution is -2.35. The third-order valence-electron chi connectivity index (χ3n) is 3.01. The van der Waals surface area contributed by atoms with Gasteiger partial charge in [-0.2, -0.15) is 4.98 Å². The Morgan fingerprint density at radius 3 is 3.11 bits per heavy atom. The van der Waals surface area contributed by atoms with E-state index >= 15 is 0 Å². The second-order valence-corrected chi connectivity index (χ2v) is 4.59. The van der Waals surface area contributed by atoms with Gasteiger partial charge in [-0.3, -0.25) is 4.98 Å². The van der Waals surface area contributed by atoms with Crippen molar-refractivity contribution in [3.63, 3.8) is 0 Å². The van der Waals surface area contributed by atoms with Crippen LogP contribution in [0.2, 0.25) is 0 Å². The minimum absolute atomic E-state index is 0.148. The molecule has 0 bridgehead atoms. The molecular weight excluding hydrogens is 246 g/mol. The van der Waals surface area contributed by atoms with Gasteiger partial charge >= 0.3 is 0 Å². The maximum absolute atomic E-state index is 5.68. The molecule has 0 amide bonds. The Morgan fingerprint density at radius 1 is 1.42 bits per heavy atom. The predicted molar refractivity (Wildman–Crippen MR) is 68.1 cm³/mol. The molecular formula is C12H15N5O2. The van der Waals surface area contributed by atoms with E-state index in [1.807, 2.05) is 7.05 Å². The smallest absolute Gasteiger partial charge is 0.259 e. The predicted octanol–water partition coefficient (Wildman–Crippen LogP) is 0.717. The average molecular weight is 261 g/mol. The number of hydrogen-bond donors (Lipinski definition) is 1. The Balaban J connectivity index is 1.83. The van der Waals surface area contributed by atoms with Crippen molar-refractivity contribution in [2.24, 2.45) is 0 Å². The first-order chi connectivity index (χ1) is 9.22. The molecule has 1 atom stereocenters. The summed E-state index contributed by atoms with van der Waals surface area (Å²) in [5.41, 5.74) is 6.95. The van der Waals surface area contributed by atoms with Gasteiger partial charge in [-0.05, 0) is 13.1 Å². The number of rotatable bonds is 2. The highest BCUT2D eigenvalue weighted by Gasteiger charge is 2.24. The maximum Gasteiger partial charge on any atom is 0.259 e. The first-order valence-electron chi connectivity index (χ1n) is 6.07. The zero-order valence-electron chi connectivity index (χ0n) is 10.6. The van der Waals surface area contributed by atoms with Crippen molar-refractivity contribution in [1.82, 2.24) is 20.0 Å². The summed E-state index contributed by atoms with van der Waals surface area (Å²) in [4.78, 5) is 10.5. The van der Waals surface area contributed by atoms with Crippen molar-refractivity contribution in [2.75, 3.05) is 32.5 Å². The first-order valence-corrected chi connectivity index (χ1v) is 6.07. The molecule has 0 radical (unpaired) electrons. The molecule has 19 heavy (non-hydrogen) atoms. The van der Waals surface area contributed by atoms with E-state index in [1.54, 1.807) is 18.5 Å². The number of aromatic nitrogens is 3. The molecule has 0 aliphatic carbocycles. The quantitative estimate of drug-likeness (QED) is 0.851. The zero-order valence-corrected chi connectivity index (χ0v) is 10.6. The van der Waals surface area contributed by atoms with E-state index in [0.29, 0.717) is 29.6 Å². The number of pyridine rings is 1. The van der Waals surface area contributed by atoms with Crippen LogP contribution in [0.15, 0.2) is 23.0 Å². The molecule has 1 aliphatic rings. The van der Waals surface area contributed by atoms with Gasteiger partial charge in [0.2, 0.25) is 5.82 Å². The van der Waals surface area contributed by atoms with Gasteiger partial charge in [-0.25, -0.2) is 0 Å². The van der Waals surface area contributed by atoms with E-state index in [1.165, 1.54) is 0 Å². The fourth-order valence-electron chi connectivity index (χ4n) is 1.99. The minimum atomic E-state index is -0.148. The molecule has 0 aromatic carbocycles. The van der Waals surface area contributed by atoms with Crippen LogP contribution < -0.4 is 5.73 Å². The number of morpholine rings is 1. The van der Waals surface area contributed by atoms with Crippen LogP contribution in [-0.4, -0.2) is 46.8 Å². The van der Waals surface area contributed by atoms with E-state index in [-0.39, 0.29) is 6.10 Å². The Labute approximate surface area is 110 Å². The Bertz CT molecular complexity index is 571. The van der Waals surface area contributed by atoms with Gasteiger partial charge in [-0.15, -0.1) is 0 Å². The minimum Gasteiger partial charge on any atom is -0.397 e. The van der Waals surface area contributed by atoms with Crippen LogP contribution in [0.4, 0.5) is 5.69 Å². The zero-order chi connectivity index (χ0) is 13.2. The second kappa shape index (κ2) is 4.94. The van der Waals surface area contributed by atoms with Gasteiger partial charge in [0.05, 0.1) is 17.9 Å². The lowest BCUT2D eigenvalue weighted by Gasteiger charge is -2.27. The molecule has 3 heterocycles. The summed E-state index contributed by atoms with van der Waals surface area (Å²) in [6.45, 7) is 2.35. The standard InChI is InChI=1S/C12H15N5O2/c1-17-2-3-18-10(7-17)11-15-12(19-16-11)8-4-9(13)6-14-5-8/h4-6,10H,2-3,7,13H2,1H3. The van der Waals surface area contributed by atoms with Crippen LogP contribution in [0.5, 0.6) is 0 Å². The maximum atomic E-state index is 5.68. The molecule has 1 saturated heterocycles.